The second-order valence-corrected chi connectivity index (χ2v) is 5.60. The van der Waals surface area contributed by atoms with Crippen molar-refractivity contribution in [3.8, 4) is 0 Å². The fourth-order valence-electron chi connectivity index (χ4n) is 2.64. The summed E-state index contributed by atoms with van der Waals surface area (Å²) in [5.41, 5.74) is 5.19. The fourth-order valence-corrected chi connectivity index (χ4v) is 2.86. The standard InChI is InChI=1S/C12H14ClF3N2/c1-11(2)8(4-17)9(11)7-3-6(12(14,15)16)5-18-10(7)13/h3,5,8-9H,4,17H2,1-2H3. The third-order valence-electron chi connectivity index (χ3n) is 3.83. The molecule has 6 heteroatoms. The summed E-state index contributed by atoms with van der Waals surface area (Å²) >= 11 is 5.91. The van der Waals surface area contributed by atoms with E-state index in [4.69, 9.17) is 17.3 Å². The van der Waals surface area contributed by atoms with E-state index in [9.17, 15) is 13.2 Å². The minimum atomic E-state index is -4.40. The molecule has 18 heavy (non-hydrogen) atoms. The lowest BCUT2D eigenvalue weighted by atomic mass is 10.0. The maximum atomic E-state index is 12.6. The van der Waals surface area contributed by atoms with Crippen molar-refractivity contribution in [1.29, 1.82) is 0 Å². The smallest absolute Gasteiger partial charge is 0.330 e. The average Bonchev–Trinajstić information content (AvgIpc) is 2.79. The number of halogens is 4. The molecule has 2 rings (SSSR count). The summed E-state index contributed by atoms with van der Waals surface area (Å²) in [6.07, 6.45) is -3.64. The Balaban J connectivity index is 2.41. The number of pyridine rings is 1. The summed E-state index contributed by atoms with van der Waals surface area (Å²) in [5, 5.41) is 0.136. The number of alkyl halides is 3. The predicted molar refractivity (Wildman–Crippen MR) is 63.3 cm³/mol. The zero-order valence-corrected chi connectivity index (χ0v) is 10.8. The van der Waals surface area contributed by atoms with Gasteiger partial charge >= 0.3 is 6.18 Å². The minimum absolute atomic E-state index is 0.0511. The molecule has 1 aromatic rings. The van der Waals surface area contributed by atoms with Crippen LogP contribution >= 0.6 is 11.6 Å². The first-order chi connectivity index (χ1) is 8.19. The van der Waals surface area contributed by atoms with Crippen LogP contribution in [-0.4, -0.2) is 11.5 Å². The molecule has 2 atom stereocenters. The summed E-state index contributed by atoms with van der Waals surface area (Å²) < 4.78 is 37.9. The summed E-state index contributed by atoms with van der Waals surface area (Å²) in [4.78, 5) is 3.65. The molecule has 1 aliphatic carbocycles. The molecule has 0 spiro atoms. The van der Waals surface area contributed by atoms with Crippen molar-refractivity contribution in [1.82, 2.24) is 4.98 Å². The Morgan fingerprint density at radius 3 is 2.50 bits per heavy atom. The quantitative estimate of drug-likeness (QED) is 0.842. The van der Waals surface area contributed by atoms with E-state index in [1.54, 1.807) is 0 Å². The van der Waals surface area contributed by atoms with E-state index in [1.165, 1.54) is 0 Å². The Labute approximate surface area is 108 Å². The minimum Gasteiger partial charge on any atom is -0.330 e. The Morgan fingerprint density at radius 2 is 2.06 bits per heavy atom. The van der Waals surface area contributed by atoms with Gasteiger partial charge in [-0.05, 0) is 35.4 Å². The van der Waals surface area contributed by atoms with Gasteiger partial charge in [-0.25, -0.2) is 4.98 Å². The number of rotatable bonds is 2. The summed E-state index contributed by atoms with van der Waals surface area (Å²) in [7, 11) is 0. The molecule has 100 valence electrons. The summed E-state index contributed by atoms with van der Waals surface area (Å²) in [6, 6.07) is 1.09. The van der Waals surface area contributed by atoms with E-state index in [1.807, 2.05) is 13.8 Å². The first kappa shape index (κ1) is 13.6. The van der Waals surface area contributed by atoms with Gasteiger partial charge in [-0.3, -0.25) is 0 Å². The topological polar surface area (TPSA) is 38.9 Å². The Kier molecular flexibility index (Phi) is 3.10. The molecule has 0 bridgehead atoms. The Bertz CT molecular complexity index is 471. The van der Waals surface area contributed by atoms with Crippen LogP contribution in [0.3, 0.4) is 0 Å². The molecule has 0 radical (unpaired) electrons. The first-order valence-electron chi connectivity index (χ1n) is 5.62. The van der Waals surface area contributed by atoms with Crippen LogP contribution in [0, 0.1) is 11.3 Å². The lowest BCUT2D eigenvalue weighted by Crippen LogP contribution is -2.07. The van der Waals surface area contributed by atoms with Gasteiger partial charge in [0.1, 0.15) is 5.15 Å². The molecule has 2 N–H and O–H groups in total. The van der Waals surface area contributed by atoms with Crippen molar-refractivity contribution in [2.75, 3.05) is 6.54 Å². The number of nitrogens with zero attached hydrogens (tertiary/aromatic N) is 1. The van der Waals surface area contributed by atoms with Crippen LogP contribution < -0.4 is 5.73 Å². The molecule has 2 nitrogen and oxygen atoms in total. The normalized spacial score (nSPS) is 26.2. The van der Waals surface area contributed by atoms with Gasteiger partial charge in [-0.1, -0.05) is 25.4 Å². The SMILES string of the molecule is CC1(C)C(CN)C1c1cc(C(F)(F)F)cnc1Cl. The molecular weight excluding hydrogens is 265 g/mol. The van der Waals surface area contributed by atoms with E-state index in [-0.39, 0.29) is 22.4 Å². The molecule has 1 aromatic heterocycles. The van der Waals surface area contributed by atoms with E-state index in [0.717, 1.165) is 12.3 Å². The second kappa shape index (κ2) is 4.10. The van der Waals surface area contributed by atoms with Gasteiger partial charge in [-0.2, -0.15) is 13.2 Å². The van der Waals surface area contributed by atoms with Crippen molar-refractivity contribution >= 4 is 11.6 Å². The van der Waals surface area contributed by atoms with Gasteiger partial charge in [0.05, 0.1) is 5.56 Å². The number of nitrogens with two attached hydrogens (primary N) is 1. The predicted octanol–water partition coefficient (Wildman–Crippen LogP) is 3.45. The molecule has 1 aliphatic rings. The lowest BCUT2D eigenvalue weighted by Gasteiger charge is -2.10. The third-order valence-corrected chi connectivity index (χ3v) is 4.15. The van der Waals surface area contributed by atoms with E-state index in [0.29, 0.717) is 12.1 Å². The molecule has 2 unspecified atom stereocenters. The third kappa shape index (κ3) is 2.10. The molecule has 1 saturated carbocycles. The molecule has 1 fully saturated rings. The molecule has 0 aromatic carbocycles. The molecule has 0 amide bonds. The molecular formula is C12H14ClF3N2. The van der Waals surface area contributed by atoms with Gasteiger partial charge in [0.15, 0.2) is 0 Å². The van der Waals surface area contributed by atoms with Crippen molar-refractivity contribution in [2.45, 2.75) is 25.9 Å². The van der Waals surface area contributed by atoms with Crippen molar-refractivity contribution in [2.24, 2.45) is 17.1 Å². The summed E-state index contributed by atoms with van der Waals surface area (Å²) in [5.74, 6) is 0.102. The zero-order chi connectivity index (χ0) is 13.7. The average molecular weight is 279 g/mol. The highest BCUT2D eigenvalue weighted by molar-refractivity contribution is 6.30. The molecule has 1 heterocycles. The maximum Gasteiger partial charge on any atom is 0.417 e. The van der Waals surface area contributed by atoms with Crippen molar-refractivity contribution in [3.63, 3.8) is 0 Å². The highest BCUT2D eigenvalue weighted by atomic mass is 35.5. The number of aromatic nitrogens is 1. The van der Waals surface area contributed by atoms with Crippen LogP contribution in [0.1, 0.15) is 30.9 Å². The van der Waals surface area contributed by atoms with Gasteiger partial charge in [0, 0.05) is 6.20 Å². The Hall–Kier alpha value is -0.810. The van der Waals surface area contributed by atoms with Crippen LogP contribution in [0.2, 0.25) is 5.15 Å². The molecule has 0 saturated heterocycles. The first-order valence-corrected chi connectivity index (χ1v) is 6.00. The summed E-state index contributed by atoms with van der Waals surface area (Å²) in [6.45, 7) is 4.39. The van der Waals surface area contributed by atoms with Crippen LogP contribution in [-0.2, 0) is 6.18 Å². The van der Waals surface area contributed by atoms with Gasteiger partial charge in [0.2, 0.25) is 0 Å². The highest BCUT2D eigenvalue weighted by Gasteiger charge is 2.58. The van der Waals surface area contributed by atoms with E-state index >= 15 is 0 Å². The van der Waals surface area contributed by atoms with Crippen LogP contribution in [0.15, 0.2) is 12.3 Å². The highest BCUT2D eigenvalue weighted by Crippen LogP contribution is 2.64. The van der Waals surface area contributed by atoms with Gasteiger partial charge in [-0.15, -0.1) is 0 Å². The van der Waals surface area contributed by atoms with Crippen molar-refractivity contribution in [3.05, 3.63) is 28.5 Å². The lowest BCUT2D eigenvalue weighted by molar-refractivity contribution is -0.137. The van der Waals surface area contributed by atoms with E-state index < -0.39 is 11.7 Å². The van der Waals surface area contributed by atoms with Crippen LogP contribution in [0.4, 0.5) is 13.2 Å². The van der Waals surface area contributed by atoms with Crippen LogP contribution in [0.5, 0.6) is 0 Å². The van der Waals surface area contributed by atoms with E-state index in [2.05, 4.69) is 4.98 Å². The molecule has 0 aliphatic heterocycles. The fraction of sp³-hybridized carbons (Fsp3) is 0.583. The monoisotopic (exact) mass is 278 g/mol. The van der Waals surface area contributed by atoms with Crippen LogP contribution in [0.25, 0.3) is 0 Å². The zero-order valence-electron chi connectivity index (χ0n) is 10.1. The second-order valence-electron chi connectivity index (χ2n) is 5.24. The van der Waals surface area contributed by atoms with Crippen molar-refractivity contribution < 1.29 is 13.2 Å². The largest absolute Gasteiger partial charge is 0.417 e. The number of hydrogen-bond donors (Lipinski definition) is 1. The Morgan fingerprint density at radius 1 is 1.44 bits per heavy atom. The van der Waals surface area contributed by atoms with Gasteiger partial charge < -0.3 is 5.73 Å². The van der Waals surface area contributed by atoms with Gasteiger partial charge in [0.25, 0.3) is 0 Å². The number of hydrogen-bond acceptors (Lipinski definition) is 2. The maximum absolute atomic E-state index is 12.6.